The molecule has 90 valence electrons. The molecule has 3 nitrogen and oxygen atoms in total. The van der Waals surface area contributed by atoms with E-state index in [4.69, 9.17) is 0 Å². The summed E-state index contributed by atoms with van der Waals surface area (Å²) in [6.45, 7) is 0. The SMILES string of the molecule is COc1cc(C(F)F)c(C(F)(F)F)[nH]c1=O. The summed E-state index contributed by atoms with van der Waals surface area (Å²) in [6.07, 6.45) is -8.40. The Morgan fingerprint density at radius 1 is 1.38 bits per heavy atom. The first-order valence-corrected chi connectivity index (χ1v) is 3.94. The van der Waals surface area contributed by atoms with Crippen molar-refractivity contribution in [3.05, 3.63) is 27.7 Å². The molecule has 0 aliphatic carbocycles. The molecule has 1 aromatic heterocycles. The van der Waals surface area contributed by atoms with Crippen LogP contribution in [-0.4, -0.2) is 12.1 Å². The van der Waals surface area contributed by atoms with Gasteiger partial charge in [-0.25, -0.2) is 8.78 Å². The fourth-order valence-electron chi connectivity index (χ4n) is 1.08. The van der Waals surface area contributed by atoms with E-state index in [1.807, 2.05) is 0 Å². The Hall–Kier alpha value is -1.60. The number of hydrogen-bond acceptors (Lipinski definition) is 2. The monoisotopic (exact) mass is 243 g/mol. The second-order valence-electron chi connectivity index (χ2n) is 2.80. The van der Waals surface area contributed by atoms with Crippen LogP contribution in [0.3, 0.4) is 0 Å². The van der Waals surface area contributed by atoms with Crippen LogP contribution in [0.15, 0.2) is 10.9 Å². The van der Waals surface area contributed by atoms with Gasteiger partial charge in [0.1, 0.15) is 5.69 Å². The molecule has 1 aromatic rings. The van der Waals surface area contributed by atoms with E-state index in [9.17, 15) is 26.7 Å². The van der Waals surface area contributed by atoms with Crippen LogP contribution in [0.2, 0.25) is 0 Å². The van der Waals surface area contributed by atoms with Crippen LogP contribution in [0.5, 0.6) is 5.75 Å². The average Bonchev–Trinajstić information content (AvgIpc) is 2.15. The second kappa shape index (κ2) is 4.11. The van der Waals surface area contributed by atoms with Crippen LogP contribution in [0, 0.1) is 0 Å². The molecule has 0 atom stereocenters. The smallest absolute Gasteiger partial charge is 0.431 e. The third-order valence-electron chi connectivity index (χ3n) is 1.78. The zero-order valence-corrected chi connectivity index (χ0v) is 7.86. The predicted octanol–water partition coefficient (Wildman–Crippen LogP) is 2.34. The number of aromatic nitrogens is 1. The first kappa shape index (κ1) is 12.5. The fourth-order valence-corrected chi connectivity index (χ4v) is 1.08. The van der Waals surface area contributed by atoms with E-state index in [0.717, 1.165) is 7.11 Å². The first-order chi connectivity index (χ1) is 7.27. The summed E-state index contributed by atoms with van der Waals surface area (Å²) in [7, 11) is 0.993. The van der Waals surface area contributed by atoms with Crippen molar-refractivity contribution in [2.75, 3.05) is 7.11 Å². The van der Waals surface area contributed by atoms with E-state index >= 15 is 0 Å². The van der Waals surface area contributed by atoms with Crippen LogP contribution in [-0.2, 0) is 6.18 Å². The molecular weight excluding hydrogens is 237 g/mol. The summed E-state index contributed by atoms with van der Waals surface area (Å²) in [5.74, 6) is -0.594. The number of nitrogens with one attached hydrogen (secondary N) is 1. The number of alkyl halides is 5. The predicted molar refractivity (Wildman–Crippen MR) is 43.6 cm³/mol. The molecule has 16 heavy (non-hydrogen) atoms. The lowest BCUT2D eigenvalue weighted by Crippen LogP contribution is -2.20. The van der Waals surface area contributed by atoms with E-state index in [1.54, 1.807) is 0 Å². The highest BCUT2D eigenvalue weighted by Gasteiger charge is 2.37. The van der Waals surface area contributed by atoms with Gasteiger partial charge in [0.25, 0.3) is 12.0 Å². The first-order valence-electron chi connectivity index (χ1n) is 3.94. The highest BCUT2D eigenvalue weighted by atomic mass is 19.4. The molecule has 0 aromatic carbocycles. The number of halogens is 5. The molecule has 8 heteroatoms. The molecule has 0 unspecified atom stereocenters. The molecule has 1 rings (SSSR count). The molecule has 1 N–H and O–H groups in total. The van der Waals surface area contributed by atoms with E-state index in [-0.39, 0.29) is 0 Å². The van der Waals surface area contributed by atoms with Crippen molar-refractivity contribution in [1.29, 1.82) is 0 Å². The molecule has 0 amide bonds. The lowest BCUT2D eigenvalue weighted by Gasteiger charge is -2.12. The summed E-state index contributed by atoms with van der Waals surface area (Å²) < 4.78 is 65.9. The zero-order valence-electron chi connectivity index (χ0n) is 7.86. The van der Waals surface area contributed by atoms with Gasteiger partial charge >= 0.3 is 6.18 Å². The van der Waals surface area contributed by atoms with Crippen molar-refractivity contribution in [3.8, 4) is 5.75 Å². The highest BCUT2D eigenvalue weighted by Crippen LogP contribution is 2.35. The number of ether oxygens (including phenoxy) is 1. The van der Waals surface area contributed by atoms with E-state index < -0.39 is 35.2 Å². The molecule has 0 fully saturated rings. The fraction of sp³-hybridized carbons (Fsp3) is 0.375. The van der Waals surface area contributed by atoms with Gasteiger partial charge in [-0.1, -0.05) is 0 Å². The van der Waals surface area contributed by atoms with Gasteiger partial charge in [0, 0.05) is 0 Å². The summed E-state index contributed by atoms with van der Waals surface area (Å²) in [6, 6.07) is 0.381. The number of hydrogen-bond donors (Lipinski definition) is 1. The zero-order chi connectivity index (χ0) is 12.5. The summed E-state index contributed by atoms with van der Waals surface area (Å²) in [4.78, 5) is 12.3. The van der Waals surface area contributed by atoms with Gasteiger partial charge in [-0.05, 0) is 6.07 Å². The highest BCUT2D eigenvalue weighted by molar-refractivity contribution is 5.31. The molecule has 0 radical (unpaired) electrons. The Morgan fingerprint density at radius 3 is 2.31 bits per heavy atom. The Kier molecular flexibility index (Phi) is 3.20. The number of H-pyrrole nitrogens is 1. The van der Waals surface area contributed by atoms with E-state index in [2.05, 4.69) is 4.74 Å². The van der Waals surface area contributed by atoms with Gasteiger partial charge < -0.3 is 9.72 Å². The van der Waals surface area contributed by atoms with Crippen molar-refractivity contribution < 1.29 is 26.7 Å². The molecule has 0 spiro atoms. The minimum absolute atomic E-state index is 0.381. The van der Waals surface area contributed by atoms with Crippen molar-refractivity contribution in [2.24, 2.45) is 0 Å². The lowest BCUT2D eigenvalue weighted by atomic mass is 10.2. The van der Waals surface area contributed by atoms with Crippen molar-refractivity contribution >= 4 is 0 Å². The maximum absolute atomic E-state index is 12.3. The van der Waals surface area contributed by atoms with Crippen LogP contribution >= 0.6 is 0 Å². The van der Waals surface area contributed by atoms with Gasteiger partial charge in [-0.2, -0.15) is 13.2 Å². The molecule has 0 aliphatic rings. The normalized spacial score (nSPS) is 11.9. The Labute approximate surface area is 85.8 Å². The molecule has 1 heterocycles. The van der Waals surface area contributed by atoms with Crippen LogP contribution in [0.25, 0.3) is 0 Å². The summed E-state index contributed by atoms with van der Waals surface area (Å²) >= 11 is 0. The standard InChI is InChI=1S/C8H6F5NO2/c1-16-4-2-3(6(9)10)5(8(11,12)13)14-7(4)15/h2,6H,1H3,(H,14,15). The van der Waals surface area contributed by atoms with Crippen LogP contribution < -0.4 is 10.3 Å². The number of methoxy groups -OCH3 is 1. The van der Waals surface area contributed by atoms with Gasteiger partial charge in [0.15, 0.2) is 5.75 Å². The van der Waals surface area contributed by atoms with Crippen LogP contribution in [0.4, 0.5) is 22.0 Å². The topological polar surface area (TPSA) is 42.1 Å². The molecule has 0 saturated carbocycles. The summed E-state index contributed by atoms with van der Waals surface area (Å²) in [5.41, 5.74) is -4.28. The van der Waals surface area contributed by atoms with Crippen molar-refractivity contribution in [1.82, 2.24) is 4.98 Å². The Morgan fingerprint density at radius 2 is 1.94 bits per heavy atom. The number of rotatable bonds is 2. The van der Waals surface area contributed by atoms with Crippen molar-refractivity contribution in [3.63, 3.8) is 0 Å². The van der Waals surface area contributed by atoms with Gasteiger partial charge in [0.05, 0.1) is 12.7 Å². The molecule has 0 aliphatic heterocycles. The maximum atomic E-state index is 12.3. The van der Waals surface area contributed by atoms with E-state index in [1.165, 1.54) is 4.98 Å². The Balaban J connectivity index is 3.49. The number of aromatic amines is 1. The van der Waals surface area contributed by atoms with E-state index in [0.29, 0.717) is 6.07 Å². The molecule has 0 bridgehead atoms. The average molecular weight is 243 g/mol. The van der Waals surface area contributed by atoms with Crippen molar-refractivity contribution in [2.45, 2.75) is 12.6 Å². The molecular formula is C8H6F5NO2. The summed E-state index contributed by atoms with van der Waals surface area (Å²) in [5, 5.41) is 0. The third kappa shape index (κ3) is 2.31. The molecule has 0 saturated heterocycles. The quantitative estimate of drug-likeness (QED) is 0.810. The van der Waals surface area contributed by atoms with Crippen LogP contribution in [0.1, 0.15) is 17.7 Å². The minimum atomic E-state index is -5.04. The Bertz CT molecular complexity index is 437. The third-order valence-corrected chi connectivity index (χ3v) is 1.78. The van der Waals surface area contributed by atoms with Gasteiger partial charge in [-0.15, -0.1) is 0 Å². The van der Waals surface area contributed by atoms with Gasteiger partial charge in [0.2, 0.25) is 0 Å². The van der Waals surface area contributed by atoms with Gasteiger partial charge in [-0.3, -0.25) is 4.79 Å². The maximum Gasteiger partial charge on any atom is 0.431 e. The minimum Gasteiger partial charge on any atom is -0.491 e. The second-order valence-corrected chi connectivity index (χ2v) is 2.80. The largest absolute Gasteiger partial charge is 0.491 e. The number of pyridine rings is 1. The lowest BCUT2D eigenvalue weighted by molar-refractivity contribution is -0.143.